The molecule has 1 N–H and O–H groups in total. The van der Waals surface area contributed by atoms with Gasteiger partial charge in [-0.1, -0.05) is 12.8 Å². The van der Waals surface area contributed by atoms with Crippen LogP contribution in [0, 0.1) is 0 Å². The van der Waals surface area contributed by atoms with Crippen LogP contribution in [0.5, 0.6) is 0 Å². The van der Waals surface area contributed by atoms with E-state index in [1.807, 2.05) is 0 Å². The summed E-state index contributed by atoms with van der Waals surface area (Å²) in [5.74, 6) is -0.645. The minimum Gasteiger partial charge on any atom is -0.352 e. The molecule has 0 bridgehead atoms. The summed E-state index contributed by atoms with van der Waals surface area (Å²) < 4.78 is 27.1. The van der Waals surface area contributed by atoms with Crippen molar-refractivity contribution in [3.8, 4) is 0 Å². The van der Waals surface area contributed by atoms with Crippen molar-refractivity contribution < 1.29 is 22.8 Å². The van der Waals surface area contributed by atoms with Gasteiger partial charge in [-0.25, -0.2) is 8.42 Å². The molecular weight excluding hydrogens is 394 g/mol. The number of carbonyl (C=O) groups is 3. The fourth-order valence-electron chi connectivity index (χ4n) is 3.62. The van der Waals surface area contributed by atoms with Gasteiger partial charge < -0.3 is 5.32 Å². The van der Waals surface area contributed by atoms with Crippen molar-refractivity contribution in [2.75, 3.05) is 26.2 Å². The third-order valence-electron chi connectivity index (χ3n) is 5.32. The second-order valence-electron chi connectivity index (χ2n) is 7.39. The summed E-state index contributed by atoms with van der Waals surface area (Å²) in [4.78, 5) is 36.8. The molecule has 2 heterocycles. The Morgan fingerprint density at radius 3 is 2.10 bits per heavy atom. The Balaban J connectivity index is 1.52. The summed E-state index contributed by atoms with van der Waals surface area (Å²) in [5.41, 5.74) is 0.369. The van der Waals surface area contributed by atoms with E-state index in [9.17, 15) is 22.8 Å². The van der Waals surface area contributed by atoms with E-state index < -0.39 is 10.0 Å². The van der Waals surface area contributed by atoms with Crippen LogP contribution in [0.1, 0.15) is 55.3 Å². The molecule has 0 unspecified atom stereocenters. The van der Waals surface area contributed by atoms with E-state index >= 15 is 0 Å². The van der Waals surface area contributed by atoms with Crippen molar-refractivity contribution >= 4 is 27.7 Å². The number of benzene rings is 1. The first kappa shape index (κ1) is 21.4. The number of hydrogen-bond acceptors (Lipinski definition) is 5. The maximum Gasteiger partial charge on any atom is 0.251 e. The average Bonchev–Trinajstić information content (AvgIpc) is 2.92. The fraction of sp³-hybridized carbons (Fsp3) is 0.550. The van der Waals surface area contributed by atoms with Crippen LogP contribution < -0.4 is 5.32 Å². The number of hydrogen-bond donors (Lipinski definition) is 1. The smallest absolute Gasteiger partial charge is 0.251 e. The maximum absolute atomic E-state index is 12.8. The minimum absolute atomic E-state index is 0.164. The summed E-state index contributed by atoms with van der Waals surface area (Å²) in [7, 11) is -3.54. The number of likely N-dealkylation sites (tertiary alicyclic amines) is 1. The van der Waals surface area contributed by atoms with Crippen LogP contribution >= 0.6 is 0 Å². The number of amides is 3. The van der Waals surface area contributed by atoms with E-state index in [1.165, 1.54) is 33.5 Å². The highest BCUT2D eigenvalue weighted by molar-refractivity contribution is 7.89. The van der Waals surface area contributed by atoms with Gasteiger partial charge >= 0.3 is 0 Å². The second-order valence-corrected chi connectivity index (χ2v) is 9.33. The van der Waals surface area contributed by atoms with Crippen molar-refractivity contribution in [3.63, 3.8) is 0 Å². The molecule has 8 nitrogen and oxygen atoms in total. The van der Waals surface area contributed by atoms with Gasteiger partial charge in [-0.2, -0.15) is 4.31 Å². The van der Waals surface area contributed by atoms with E-state index in [-0.39, 0.29) is 35.5 Å². The highest BCUT2D eigenvalue weighted by Crippen LogP contribution is 2.20. The van der Waals surface area contributed by atoms with Gasteiger partial charge in [0.15, 0.2) is 0 Å². The number of carbonyl (C=O) groups excluding carboxylic acids is 3. The van der Waals surface area contributed by atoms with E-state index in [0.717, 1.165) is 25.7 Å². The molecule has 2 aliphatic heterocycles. The molecule has 0 atom stereocenters. The Hall–Kier alpha value is -2.26. The lowest BCUT2D eigenvalue weighted by Gasteiger charge is -2.20. The summed E-state index contributed by atoms with van der Waals surface area (Å²) in [6.45, 7) is 1.69. The van der Waals surface area contributed by atoms with Crippen LogP contribution in [0.3, 0.4) is 0 Å². The molecule has 2 fully saturated rings. The molecule has 2 saturated heterocycles. The SMILES string of the molecule is O=C(NCCCN1C(=O)CCC1=O)c1ccc(S(=O)(=O)N2CCCCCC2)cc1. The minimum atomic E-state index is -3.54. The van der Waals surface area contributed by atoms with Crippen LogP contribution in [-0.4, -0.2) is 61.5 Å². The van der Waals surface area contributed by atoms with E-state index in [0.29, 0.717) is 38.2 Å². The molecule has 9 heteroatoms. The predicted octanol–water partition coefficient (Wildman–Crippen LogP) is 1.52. The summed E-state index contributed by atoms with van der Waals surface area (Å²) in [6.07, 6.45) is 4.83. The van der Waals surface area contributed by atoms with Gasteiger partial charge in [-0.15, -0.1) is 0 Å². The normalized spacial score (nSPS) is 18.7. The summed E-state index contributed by atoms with van der Waals surface area (Å²) in [5, 5.41) is 2.73. The first-order valence-corrected chi connectivity index (χ1v) is 11.6. The largest absolute Gasteiger partial charge is 0.352 e. The highest BCUT2D eigenvalue weighted by Gasteiger charge is 2.28. The topological polar surface area (TPSA) is 104 Å². The molecule has 2 aliphatic rings. The van der Waals surface area contributed by atoms with Crippen LogP contribution in [0.15, 0.2) is 29.2 Å². The maximum atomic E-state index is 12.8. The van der Waals surface area contributed by atoms with Crippen LogP contribution in [0.25, 0.3) is 0 Å². The van der Waals surface area contributed by atoms with Gasteiger partial charge in [-0.3, -0.25) is 19.3 Å². The Morgan fingerprint density at radius 1 is 0.931 bits per heavy atom. The first-order chi connectivity index (χ1) is 13.9. The Bertz CT molecular complexity index is 843. The van der Waals surface area contributed by atoms with E-state index in [2.05, 4.69) is 5.32 Å². The van der Waals surface area contributed by atoms with Crippen molar-refractivity contribution in [1.82, 2.24) is 14.5 Å². The zero-order chi connectivity index (χ0) is 20.9. The van der Waals surface area contributed by atoms with Gasteiger partial charge in [0.1, 0.15) is 0 Å². The Morgan fingerprint density at radius 2 is 1.52 bits per heavy atom. The van der Waals surface area contributed by atoms with Gasteiger partial charge in [0.05, 0.1) is 4.90 Å². The lowest BCUT2D eigenvalue weighted by molar-refractivity contribution is -0.138. The summed E-state index contributed by atoms with van der Waals surface area (Å²) >= 11 is 0. The fourth-order valence-corrected chi connectivity index (χ4v) is 5.14. The van der Waals surface area contributed by atoms with Crippen molar-refractivity contribution in [1.29, 1.82) is 0 Å². The molecule has 3 amide bonds. The van der Waals surface area contributed by atoms with Crippen molar-refractivity contribution in [3.05, 3.63) is 29.8 Å². The molecule has 0 radical (unpaired) electrons. The molecule has 29 heavy (non-hydrogen) atoms. The quantitative estimate of drug-likeness (QED) is 0.531. The van der Waals surface area contributed by atoms with Gasteiger partial charge in [0.25, 0.3) is 5.91 Å². The number of sulfonamides is 1. The second kappa shape index (κ2) is 9.49. The van der Waals surface area contributed by atoms with Gasteiger partial charge in [-0.05, 0) is 43.5 Å². The molecule has 0 aromatic heterocycles. The lowest BCUT2D eigenvalue weighted by atomic mass is 10.2. The van der Waals surface area contributed by atoms with E-state index in [1.54, 1.807) is 0 Å². The number of imide groups is 1. The van der Waals surface area contributed by atoms with Crippen molar-refractivity contribution in [2.24, 2.45) is 0 Å². The number of nitrogens with zero attached hydrogens (tertiary/aromatic N) is 2. The average molecular weight is 422 g/mol. The Kier molecular flexibility index (Phi) is 7.02. The third kappa shape index (κ3) is 5.22. The van der Waals surface area contributed by atoms with Gasteiger partial charge in [0, 0.05) is 44.6 Å². The monoisotopic (exact) mass is 421 g/mol. The number of nitrogens with one attached hydrogen (secondary N) is 1. The van der Waals surface area contributed by atoms with Crippen LogP contribution in [-0.2, 0) is 19.6 Å². The molecule has 1 aromatic rings. The molecule has 158 valence electrons. The number of rotatable bonds is 7. The summed E-state index contributed by atoms with van der Waals surface area (Å²) in [6, 6.07) is 5.95. The Labute approximate surface area is 171 Å². The van der Waals surface area contributed by atoms with Crippen molar-refractivity contribution in [2.45, 2.75) is 49.8 Å². The highest BCUT2D eigenvalue weighted by atomic mass is 32.2. The molecule has 1 aromatic carbocycles. The van der Waals surface area contributed by atoms with E-state index in [4.69, 9.17) is 0 Å². The third-order valence-corrected chi connectivity index (χ3v) is 7.23. The molecule has 0 saturated carbocycles. The standard InChI is InChI=1S/C20H27N3O5S/c24-18-10-11-19(25)23(18)15-5-12-21-20(26)16-6-8-17(9-7-16)29(27,28)22-13-3-1-2-4-14-22/h6-9H,1-5,10-15H2,(H,21,26). The first-order valence-electron chi connectivity index (χ1n) is 10.1. The molecule has 3 rings (SSSR count). The lowest BCUT2D eigenvalue weighted by Crippen LogP contribution is -2.33. The predicted molar refractivity (Wildman–Crippen MR) is 107 cm³/mol. The van der Waals surface area contributed by atoms with Crippen LogP contribution in [0.2, 0.25) is 0 Å². The molecule has 0 spiro atoms. The zero-order valence-electron chi connectivity index (χ0n) is 16.4. The zero-order valence-corrected chi connectivity index (χ0v) is 17.2. The van der Waals surface area contributed by atoms with Gasteiger partial charge in [0.2, 0.25) is 21.8 Å². The van der Waals surface area contributed by atoms with Crippen LogP contribution in [0.4, 0.5) is 0 Å². The molecule has 0 aliphatic carbocycles. The molecular formula is C20H27N3O5S.